The van der Waals surface area contributed by atoms with Crippen LogP contribution in [0, 0.1) is 5.92 Å². The Labute approximate surface area is 169 Å². The molecule has 2 aromatic rings. The first kappa shape index (κ1) is 20.7. The molecule has 1 aromatic carbocycles. The zero-order chi connectivity index (χ0) is 20.3. The van der Waals surface area contributed by atoms with E-state index in [1.165, 1.54) is 32.2 Å². The number of ketones is 1. The van der Waals surface area contributed by atoms with Crippen molar-refractivity contribution >= 4 is 38.0 Å². The first-order chi connectivity index (χ1) is 13.2. The van der Waals surface area contributed by atoms with Gasteiger partial charge in [-0.05, 0) is 30.0 Å². The summed E-state index contributed by atoms with van der Waals surface area (Å²) in [5, 5.41) is 3.23. The van der Waals surface area contributed by atoms with Crippen molar-refractivity contribution in [3.8, 4) is 0 Å². The van der Waals surface area contributed by atoms with Crippen LogP contribution in [0.25, 0.3) is 0 Å². The number of carbonyl (C=O) groups is 2. The Kier molecular flexibility index (Phi) is 6.30. The average Bonchev–Trinajstić information content (AvgIpc) is 3.30. The molecule has 1 heterocycles. The number of hydrogen-bond acceptors (Lipinski definition) is 6. The van der Waals surface area contributed by atoms with Crippen LogP contribution in [-0.2, 0) is 14.6 Å². The van der Waals surface area contributed by atoms with E-state index in [2.05, 4.69) is 10.3 Å². The maximum Gasteiger partial charge on any atom is 0.233 e. The number of rotatable bonds is 7. The van der Waals surface area contributed by atoms with E-state index in [1.54, 1.807) is 24.3 Å². The highest BCUT2D eigenvalue weighted by atomic mass is 32.2. The molecule has 3 rings (SSSR count). The molecule has 6 nitrogen and oxygen atoms in total. The lowest BCUT2D eigenvalue weighted by molar-refractivity contribution is -0.118. The number of aromatic nitrogens is 1. The fourth-order valence-electron chi connectivity index (χ4n) is 3.61. The number of Topliss-reactive ketones (excluding diaryl/α,β-unsaturated/α-hetero) is 1. The number of hydrogen-bond donors (Lipinski definition) is 1. The minimum Gasteiger partial charge on any atom is -0.301 e. The molecule has 0 radical (unpaired) electrons. The van der Waals surface area contributed by atoms with Crippen molar-refractivity contribution in [2.75, 3.05) is 11.6 Å². The molecule has 1 N–H and O–H groups in total. The summed E-state index contributed by atoms with van der Waals surface area (Å²) in [4.78, 5) is 29.3. The van der Waals surface area contributed by atoms with Gasteiger partial charge in [0.2, 0.25) is 5.91 Å². The molecular weight excluding hydrogens is 396 g/mol. The van der Waals surface area contributed by atoms with Crippen LogP contribution in [0.1, 0.15) is 60.2 Å². The van der Waals surface area contributed by atoms with E-state index in [-0.39, 0.29) is 22.5 Å². The normalized spacial score (nSPS) is 16.1. The Balaban J connectivity index is 1.82. The van der Waals surface area contributed by atoms with Crippen LogP contribution >= 0.6 is 11.3 Å². The van der Waals surface area contributed by atoms with Crippen molar-refractivity contribution in [1.29, 1.82) is 0 Å². The lowest BCUT2D eigenvalue weighted by Crippen LogP contribution is -2.23. The first-order valence-corrected chi connectivity index (χ1v) is 12.0. The molecule has 1 aliphatic carbocycles. The van der Waals surface area contributed by atoms with Gasteiger partial charge in [0.15, 0.2) is 20.8 Å². The van der Waals surface area contributed by atoms with Crippen LogP contribution in [0.3, 0.4) is 0 Å². The Morgan fingerprint density at radius 2 is 1.86 bits per heavy atom. The summed E-state index contributed by atoms with van der Waals surface area (Å²) >= 11 is 1.16. The van der Waals surface area contributed by atoms with Crippen LogP contribution in [-0.4, -0.2) is 31.3 Å². The van der Waals surface area contributed by atoms with E-state index in [9.17, 15) is 18.0 Å². The second kappa shape index (κ2) is 8.53. The first-order valence-electron chi connectivity index (χ1n) is 9.31. The minimum absolute atomic E-state index is 0.0862. The molecule has 0 aliphatic heterocycles. The summed E-state index contributed by atoms with van der Waals surface area (Å²) in [6, 6.07) is 6.55. The maximum absolute atomic E-state index is 13.0. The SMILES string of the molecule is CC(=O)c1cnc(NC(=O)[C@H](CC2CCCC2)c2ccc(S(C)(=O)=O)cc2)s1. The molecule has 1 aromatic heterocycles. The van der Waals surface area contributed by atoms with E-state index in [0.717, 1.165) is 36.2 Å². The van der Waals surface area contributed by atoms with Gasteiger partial charge in [0.05, 0.1) is 21.9 Å². The molecule has 1 fully saturated rings. The Morgan fingerprint density at radius 3 is 2.39 bits per heavy atom. The van der Waals surface area contributed by atoms with Crippen molar-refractivity contribution in [3.05, 3.63) is 40.9 Å². The quantitative estimate of drug-likeness (QED) is 0.682. The van der Waals surface area contributed by atoms with Crippen molar-refractivity contribution in [3.63, 3.8) is 0 Å². The molecule has 1 saturated carbocycles. The molecule has 0 unspecified atom stereocenters. The summed E-state index contributed by atoms with van der Waals surface area (Å²) in [7, 11) is -3.28. The minimum atomic E-state index is -3.28. The number of nitrogens with one attached hydrogen (secondary N) is 1. The average molecular weight is 421 g/mol. The molecule has 150 valence electrons. The van der Waals surface area contributed by atoms with Gasteiger partial charge in [-0.15, -0.1) is 0 Å². The monoisotopic (exact) mass is 420 g/mol. The van der Waals surface area contributed by atoms with Crippen LogP contribution in [0.5, 0.6) is 0 Å². The third kappa shape index (κ3) is 5.05. The topological polar surface area (TPSA) is 93.2 Å². The number of carbonyl (C=O) groups excluding carboxylic acids is 2. The standard InChI is InChI=1S/C20H24N2O4S2/c1-13(23)18-12-21-20(27-18)22-19(24)17(11-14-5-3-4-6-14)15-7-9-16(10-8-15)28(2,25)26/h7-10,12,14,17H,3-6,11H2,1-2H3,(H,21,22,24)/t17-/m1/s1. The Hall–Kier alpha value is -2.06. The van der Waals surface area contributed by atoms with Crippen molar-refractivity contribution in [2.45, 2.75) is 49.8 Å². The van der Waals surface area contributed by atoms with E-state index in [4.69, 9.17) is 0 Å². The third-order valence-corrected chi connectivity index (χ3v) is 7.30. The van der Waals surface area contributed by atoms with Gasteiger partial charge in [0.25, 0.3) is 0 Å². The van der Waals surface area contributed by atoms with E-state index in [0.29, 0.717) is 15.9 Å². The number of anilines is 1. The Bertz CT molecular complexity index is 958. The summed E-state index contributed by atoms with van der Waals surface area (Å²) in [5.41, 5.74) is 0.792. The predicted octanol–water partition coefficient (Wildman–Crippen LogP) is 4.05. The van der Waals surface area contributed by atoms with Gasteiger partial charge in [-0.25, -0.2) is 13.4 Å². The van der Waals surface area contributed by atoms with Gasteiger partial charge >= 0.3 is 0 Å². The number of nitrogens with zero attached hydrogens (tertiary/aromatic N) is 1. The van der Waals surface area contributed by atoms with Crippen molar-refractivity contribution in [1.82, 2.24) is 4.98 Å². The van der Waals surface area contributed by atoms with Gasteiger partial charge in [-0.1, -0.05) is 49.2 Å². The number of benzene rings is 1. The fourth-order valence-corrected chi connectivity index (χ4v) is 4.95. The van der Waals surface area contributed by atoms with Crippen molar-refractivity contribution in [2.24, 2.45) is 5.92 Å². The lowest BCUT2D eigenvalue weighted by atomic mass is 9.87. The number of thiazole rings is 1. The highest BCUT2D eigenvalue weighted by Crippen LogP contribution is 2.35. The Morgan fingerprint density at radius 1 is 1.21 bits per heavy atom. The second-order valence-corrected chi connectivity index (χ2v) is 10.4. The highest BCUT2D eigenvalue weighted by molar-refractivity contribution is 7.90. The highest BCUT2D eigenvalue weighted by Gasteiger charge is 2.27. The molecule has 0 spiro atoms. The molecule has 1 atom stereocenters. The zero-order valence-corrected chi connectivity index (χ0v) is 17.6. The number of sulfone groups is 1. The van der Waals surface area contributed by atoms with E-state index >= 15 is 0 Å². The fraction of sp³-hybridized carbons (Fsp3) is 0.450. The molecule has 0 bridgehead atoms. The molecule has 1 aliphatic rings. The van der Waals surface area contributed by atoms with E-state index in [1.807, 2.05) is 0 Å². The van der Waals surface area contributed by atoms with Gasteiger partial charge in [0, 0.05) is 13.2 Å². The predicted molar refractivity (Wildman–Crippen MR) is 110 cm³/mol. The van der Waals surface area contributed by atoms with E-state index < -0.39 is 9.84 Å². The van der Waals surface area contributed by atoms with Crippen LogP contribution in [0.2, 0.25) is 0 Å². The zero-order valence-electron chi connectivity index (χ0n) is 16.0. The van der Waals surface area contributed by atoms with Crippen LogP contribution < -0.4 is 5.32 Å². The van der Waals surface area contributed by atoms with Gasteiger partial charge in [-0.2, -0.15) is 0 Å². The largest absolute Gasteiger partial charge is 0.301 e. The summed E-state index contributed by atoms with van der Waals surface area (Å²) in [5.74, 6) is -0.170. The lowest BCUT2D eigenvalue weighted by Gasteiger charge is -2.20. The molecule has 8 heteroatoms. The molecule has 28 heavy (non-hydrogen) atoms. The van der Waals surface area contributed by atoms with Crippen molar-refractivity contribution < 1.29 is 18.0 Å². The van der Waals surface area contributed by atoms with Gasteiger partial charge < -0.3 is 5.32 Å². The molecular formula is C20H24N2O4S2. The smallest absolute Gasteiger partial charge is 0.233 e. The maximum atomic E-state index is 13.0. The summed E-state index contributed by atoms with van der Waals surface area (Å²) in [6.45, 7) is 1.46. The van der Waals surface area contributed by atoms with Gasteiger partial charge in [0.1, 0.15) is 0 Å². The summed E-state index contributed by atoms with van der Waals surface area (Å²) in [6.07, 6.45) is 7.93. The molecule has 0 saturated heterocycles. The second-order valence-electron chi connectivity index (χ2n) is 7.36. The summed E-state index contributed by atoms with van der Waals surface area (Å²) < 4.78 is 23.4. The third-order valence-electron chi connectivity index (χ3n) is 5.15. The molecule has 1 amide bonds. The van der Waals surface area contributed by atoms with Crippen LogP contribution in [0.4, 0.5) is 5.13 Å². The van der Waals surface area contributed by atoms with Crippen LogP contribution in [0.15, 0.2) is 35.4 Å². The number of amides is 1. The van der Waals surface area contributed by atoms with Gasteiger partial charge in [-0.3, -0.25) is 9.59 Å².